The Labute approximate surface area is 225 Å². The molecule has 0 saturated carbocycles. The summed E-state index contributed by atoms with van der Waals surface area (Å²) in [5.74, 6) is -0.103. The molecule has 0 spiro atoms. The second kappa shape index (κ2) is 10.5. The van der Waals surface area contributed by atoms with Gasteiger partial charge in [-0.3, -0.25) is 14.3 Å². The highest BCUT2D eigenvalue weighted by Crippen LogP contribution is 2.31. The van der Waals surface area contributed by atoms with Crippen LogP contribution in [0.4, 0.5) is 14.6 Å². The van der Waals surface area contributed by atoms with E-state index in [-0.39, 0.29) is 31.0 Å². The second-order valence-corrected chi connectivity index (χ2v) is 9.95. The maximum Gasteiger partial charge on any atom is 0.248 e. The van der Waals surface area contributed by atoms with Crippen LogP contribution in [0.25, 0.3) is 22.0 Å². The molecule has 4 heterocycles. The first-order chi connectivity index (χ1) is 18.2. The van der Waals surface area contributed by atoms with Crippen LogP contribution in [0.5, 0.6) is 0 Å². The first-order valence-electron chi connectivity index (χ1n) is 12.0. The van der Waals surface area contributed by atoms with Crippen molar-refractivity contribution < 1.29 is 18.4 Å². The lowest BCUT2D eigenvalue weighted by molar-refractivity contribution is -0.137. The van der Waals surface area contributed by atoms with E-state index in [1.165, 1.54) is 16.5 Å². The van der Waals surface area contributed by atoms with E-state index in [9.17, 15) is 18.4 Å². The van der Waals surface area contributed by atoms with Crippen molar-refractivity contribution in [1.29, 1.82) is 0 Å². The van der Waals surface area contributed by atoms with Crippen molar-refractivity contribution in [3.63, 3.8) is 0 Å². The van der Waals surface area contributed by atoms with Gasteiger partial charge in [0.25, 0.3) is 0 Å². The van der Waals surface area contributed by atoms with Gasteiger partial charge in [0.15, 0.2) is 0 Å². The fraction of sp³-hybridized carbons (Fsp3) is 0.308. The van der Waals surface area contributed by atoms with Crippen LogP contribution >= 0.6 is 15.9 Å². The molecule has 3 atom stereocenters. The molecule has 4 aromatic rings. The molecule has 1 N–H and O–H groups in total. The molecular formula is C26H24BrF2N7O2. The molecule has 1 unspecified atom stereocenters. The number of benzene rings is 1. The minimum absolute atomic E-state index is 0.125. The molecule has 3 aromatic heterocycles. The third-order valence-corrected chi connectivity index (χ3v) is 6.84. The second-order valence-electron chi connectivity index (χ2n) is 9.14. The van der Waals surface area contributed by atoms with E-state index in [1.807, 2.05) is 6.07 Å². The van der Waals surface area contributed by atoms with Gasteiger partial charge in [0.2, 0.25) is 11.8 Å². The summed E-state index contributed by atoms with van der Waals surface area (Å²) in [6, 6.07) is 9.36. The number of rotatable bonds is 6. The van der Waals surface area contributed by atoms with E-state index in [2.05, 4.69) is 41.3 Å². The molecule has 0 radical (unpaired) electrons. The van der Waals surface area contributed by atoms with Crippen molar-refractivity contribution in [3.05, 3.63) is 64.9 Å². The number of hydrogen-bond acceptors (Lipinski definition) is 6. The molecule has 38 heavy (non-hydrogen) atoms. The van der Waals surface area contributed by atoms with Crippen LogP contribution in [0.3, 0.4) is 0 Å². The first kappa shape index (κ1) is 25.8. The Morgan fingerprint density at radius 2 is 1.95 bits per heavy atom. The summed E-state index contributed by atoms with van der Waals surface area (Å²) < 4.78 is 30.9. The predicted octanol–water partition coefficient (Wildman–Crippen LogP) is 4.57. The monoisotopic (exact) mass is 583 g/mol. The Kier molecular flexibility index (Phi) is 7.15. The van der Waals surface area contributed by atoms with E-state index in [1.54, 1.807) is 49.6 Å². The van der Waals surface area contributed by atoms with Crippen molar-refractivity contribution in [2.75, 3.05) is 11.9 Å². The van der Waals surface area contributed by atoms with Gasteiger partial charge in [0.1, 0.15) is 46.9 Å². The van der Waals surface area contributed by atoms with Crippen LogP contribution in [0.1, 0.15) is 31.0 Å². The van der Waals surface area contributed by atoms with Crippen molar-refractivity contribution in [2.45, 2.75) is 45.2 Å². The van der Waals surface area contributed by atoms with Crippen LogP contribution in [0, 0.1) is 6.92 Å². The van der Waals surface area contributed by atoms with Gasteiger partial charge in [0, 0.05) is 29.8 Å². The van der Waals surface area contributed by atoms with E-state index in [0.29, 0.717) is 21.3 Å². The van der Waals surface area contributed by atoms with Crippen LogP contribution in [0.15, 0.2) is 53.4 Å². The Hall–Kier alpha value is -3.80. The van der Waals surface area contributed by atoms with Gasteiger partial charge in [-0.1, -0.05) is 12.1 Å². The zero-order chi connectivity index (χ0) is 27.0. The maximum atomic E-state index is 14.5. The summed E-state index contributed by atoms with van der Waals surface area (Å²) in [7, 11) is 0. The van der Waals surface area contributed by atoms with Gasteiger partial charge in [-0.2, -0.15) is 5.10 Å². The van der Waals surface area contributed by atoms with Gasteiger partial charge in [0.05, 0.1) is 12.1 Å². The number of alkyl halides is 2. The summed E-state index contributed by atoms with van der Waals surface area (Å²) >= 11 is 3.24. The highest BCUT2D eigenvalue weighted by Gasteiger charge is 2.40. The quantitative estimate of drug-likeness (QED) is 0.333. The molecule has 196 valence electrons. The number of carbonyl (C=O) groups is 2. The molecular weight excluding hydrogens is 560 g/mol. The number of fused-ring (bicyclic) bond motifs is 1. The topological polar surface area (TPSA) is 106 Å². The number of aryl methyl sites for hydroxylation is 1. The zero-order valence-electron chi connectivity index (χ0n) is 20.6. The van der Waals surface area contributed by atoms with E-state index >= 15 is 0 Å². The molecule has 1 aliphatic heterocycles. The lowest BCUT2D eigenvalue weighted by Gasteiger charge is -2.23. The molecule has 12 heteroatoms. The highest BCUT2D eigenvalue weighted by molar-refractivity contribution is 9.10. The number of aromatic nitrogens is 5. The molecule has 9 nitrogen and oxygen atoms in total. The normalized spacial score (nSPS) is 18.1. The number of nitrogens with one attached hydrogen (secondary N) is 1. The summed E-state index contributed by atoms with van der Waals surface area (Å²) in [5.41, 5.74) is 2.27. The van der Waals surface area contributed by atoms with Crippen molar-refractivity contribution in [1.82, 2.24) is 29.6 Å². The number of carbonyl (C=O) groups excluding carboxylic acids is 2. The first-order valence-corrected chi connectivity index (χ1v) is 12.8. The summed E-state index contributed by atoms with van der Waals surface area (Å²) in [5, 5.41) is 7.56. The van der Waals surface area contributed by atoms with Gasteiger partial charge in [-0.05, 0) is 59.6 Å². The average molecular weight is 584 g/mol. The lowest BCUT2D eigenvalue weighted by Crippen LogP contribution is -2.44. The Morgan fingerprint density at radius 1 is 1.18 bits per heavy atom. The average Bonchev–Trinajstić information content (AvgIpc) is 3.45. The SMILES string of the molecule is Cc1ncc(-c2ccc3c(c2)c(C(C)F)nn3CC(=O)N2C[C@H](F)C[C@H]2C(=O)Nc2cccc(Br)n2)cn1. The van der Waals surface area contributed by atoms with Crippen molar-refractivity contribution in [3.8, 4) is 11.1 Å². The van der Waals surface area contributed by atoms with Crippen LogP contribution in [-0.2, 0) is 16.1 Å². The summed E-state index contributed by atoms with van der Waals surface area (Å²) in [6.45, 7) is 2.67. The minimum Gasteiger partial charge on any atom is -0.326 e. The van der Waals surface area contributed by atoms with Crippen LogP contribution in [-0.4, -0.2) is 60.2 Å². The summed E-state index contributed by atoms with van der Waals surface area (Å²) in [4.78, 5) is 40.0. The minimum atomic E-state index is -1.39. The van der Waals surface area contributed by atoms with Crippen molar-refractivity contribution in [2.24, 2.45) is 0 Å². The molecule has 1 aliphatic rings. The fourth-order valence-electron chi connectivity index (χ4n) is 4.55. The number of amides is 2. The van der Waals surface area contributed by atoms with Gasteiger partial charge in [-0.25, -0.2) is 23.7 Å². The third kappa shape index (κ3) is 5.26. The highest BCUT2D eigenvalue weighted by atomic mass is 79.9. The van der Waals surface area contributed by atoms with Gasteiger partial charge < -0.3 is 10.2 Å². The zero-order valence-corrected chi connectivity index (χ0v) is 22.2. The Bertz CT molecular complexity index is 1510. The molecule has 1 aromatic carbocycles. The number of anilines is 1. The number of nitrogens with zero attached hydrogens (tertiary/aromatic N) is 6. The maximum absolute atomic E-state index is 14.5. The van der Waals surface area contributed by atoms with Crippen LogP contribution < -0.4 is 5.32 Å². The van der Waals surface area contributed by atoms with Gasteiger partial charge >= 0.3 is 0 Å². The Morgan fingerprint density at radius 3 is 2.66 bits per heavy atom. The smallest absolute Gasteiger partial charge is 0.248 e. The molecule has 5 rings (SSSR count). The van der Waals surface area contributed by atoms with Gasteiger partial charge in [-0.15, -0.1) is 0 Å². The predicted molar refractivity (Wildman–Crippen MR) is 141 cm³/mol. The molecule has 0 aliphatic carbocycles. The fourth-order valence-corrected chi connectivity index (χ4v) is 4.90. The molecule has 1 saturated heterocycles. The number of likely N-dealkylation sites (tertiary alicyclic amines) is 1. The third-order valence-electron chi connectivity index (χ3n) is 6.39. The van der Waals surface area contributed by atoms with E-state index < -0.39 is 30.2 Å². The van der Waals surface area contributed by atoms with E-state index in [4.69, 9.17) is 0 Å². The largest absolute Gasteiger partial charge is 0.326 e. The number of halogens is 3. The molecule has 0 bridgehead atoms. The molecule has 1 fully saturated rings. The number of hydrogen-bond donors (Lipinski definition) is 1. The van der Waals surface area contributed by atoms with Crippen LogP contribution in [0.2, 0.25) is 0 Å². The number of pyridine rings is 1. The van der Waals surface area contributed by atoms with E-state index in [0.717, 1.165) is 11.1 Å². The lowest BCUT2D eigenvalue weighted by atomic mass is 10.0. The standard InChI is InChI=1S/C26H24BrF2N7O2/c1-14(28)25-19-8-16(17-10-30-15(2)31-11-17)6-7-20(19)36(34-25)13-24(37)35-12-18(29)9-21(35)26(38)33-23-5-3-4-22(27)32-23/h3-8,10-11,14,18,21H,9,12-13H2,1-2H3,(H,32,33,38)/t14?,18-,21+/m1/s1. The summed E-state index contributed by atoms with van der Waals surface area (Å²) in [6.07, 6.45) is 0.508. The Balaban J connectivity index is 1.40. The molecule has 2 amide bonds. The van der Waals surface area contributed by atoms with Crippen molar-refractivity contribution >= 4 is 44.5 Å².